The topological polar surface area (TPSA) is 12.0 Å². The van der Waals surface area contributed by atoms with Gasteiger partial charge in [-0.15, -0.1) is 11.8 Å². The molecular formula is C15H22BrNS. The molecule has 1 nitrogen and oxygen atoms in total. The molecule has 0 aliphatic heterocycles. The van der Waals surface area contributed by atoms with Crippen molar-refractivity contribution in [3.63, 3.8) is 0 Å². The summed E-state index contributed by atoms with van der Waals surface area (Å²) in [5, 5.41) is 4.07. The Morgan fingerprint density at radius 2 is 2.22 bits per heavy atom. The molecule has 3 heteroatoms. The largest absolute Gasteiger partial charge is 0.316 e. The van der Waals surface area contributed by atoms with E-state index in [-0.39, 0.29) is 0 Å². The number of rotatable bonds is 4. The minimum Gasteiger partial charge on any atom is -0.316 e. The Kier molecular flexibility index (Phi) is 5.58. The molecule has 2 rings (SSSR count). The van der Waals surface area contributed by atoms with Gasteiger partial charge in [-0.05, 0) is 43.5 Å². The minimum absolute atomic E-state index is 0.804. The van der Waals surface area contributed by atoms with Crippen molar-refractivity contribution < 1.29 is 0 Å². The third kappa shape index (κ3) is 4.01. The molecule has 0 radical (unpaired) electrons. The standard InChI is InChI=1S/C15H22BrNS/c1-11-4-3-5-14(8-11)18-15-9-13(16)7-6-12(15)10-17-2/h6-7,9,11,14,17H,3-5,8,10H2,1-2H3. The van der Waals surface area contributed by atoms with Gasteiger partial charge >= 0.3 is 0 Å². The smallest absolute Gasteiger partial charge is 0.0213 e. The molecule has 0 bridgehead atoms. The van der Waals surface area contributed by atoms with Crippen molar-refractivity contribution in [2.75, 3.05) is 7.05 Å². The molecule has 1 N–H and O–H groups in total. The first-order chi connectivity index (χ1) is 8.69. The first-order valence-corrected chi connectivity index (χ1v) is 8.46. The summed E-state index contributed by atoms with van der Waals surface area (Å²) in [4.78, 5) is 1.44. The molecule has 2 unspecified atom stereocenters. The van der Waals surface area contributed by atoms with Crippen LogP contribution >= 0.6 is 27.7 Å². The highest BCUT2D eigenvalue weighted by atomic mass is 79.9. The second kappa shape index (κ2) is 6.97. The fourth-order valence-electron chi connectivity index (χ4n) is 2.64. The van der Waals surface area contributed by atoms with Crippen molar-refractivity contribution >= 4 is 27.7 Å². The summed E-state index contributed by atoms with van der Waals surface area (Å²) in [6.07, 6.45) is 5.56. The van der Waals surface area contributed by atoms with Crippen LogP contribution in [0.5, 0.6) is 0 Å². The Hall–Kier alpha value is 0.01000. The lowest BCUT2D eigenvalue weighted by Gasteiger charge is -2.27. The first-order valence-electron chi connectivity index (χ1n) is 6.78. The highest BCUT2D eigenvalue weighted by Crippen LogP contribution is 2.38. The zero-order valence-corrected chi connectivity index (χ0v) is 13.6. The first kappa shape index (κ1) is 14.4. The zero-order valence-electron chi connectivity index (χ0n) is 11.2. The lowest BCUT2D eigenvalue weighted by Crippen LogP contribution is -2.15. The second-order valence-corrected chi connectivity index (χ2v) is 7.55. The maximum atomic E-state index is 3.59. The normalized spacial score (nSPS) is 24.2. The van der Waals surface area contributed by atoms with Crippen LogP contribution in [0.4, 0.5) is 0 Å². The van der Waals surface area contributed by atoms with Gasteiger partial charge in [0.05, 0.1) is 0 Å². The van der Waals surface area contributed by atoms with Crippen LogP contribution in [-0.4, -0.2) is 12.3 Å². The molecule has 1 aromatic carbocycles. The molecule has 1 aliphatic rings. The molecule has 0 heterocycles. The van der Waals surface area contributed by atoms with E-state index in [0.29, 0.717) is 0 Å². The lowest BCUT2D eigenvalue weighted by molar-refractivity contribution is 0.394. The van der Waals surface area contributed by atoms with Crippen LogP contribution < -0.4 is 5.32 Å². The third-order valence-corrected chi connectivity index (χ3v) is 5.47. The Bertz CT molecular complexity index is 394. The van der Waals surface area contributed by atoms with Crippen LogP contribution in [0.3, 0.4) is 0 Å². The highest BCUT2D eigenvalue weighted by Gasteiger charge is 2.20. The predicted octanol–water partition coefficient (Wildman–Crippen LogP) is 4.84. The van der Waals surface area contributed by atoms with Gasteiger partial charge in [-0.3, -0.25) is 0 Å². The van der Waals surface area contributed by atoms with Crippen LogP contribution in [0.15, 0.2) is 27.6 Å². The van der Waals surface area contributed by atoms with Gasteiger partial charge in [-0.1, -0.05) is 41.8 Å². The van der Waals surface area contributed by atoms with Crippen LogP contribution in [0.1, 0.15) is 38.2 Å². The number of nitrogens with one attached hydrogen (secondary N) is 1. The summed E-state index contributed by atoms with van der Waals surface area (Å²) in [5.41, 5.74) is 1.42. The molecule has 18 heavy (non-hydrogen) atoms. The Balaban J connectivity index is 2.08. The minimum atomic E-state index is 0.804. The molecule has 2 atom stereocenters. The fraction of sp³-hybridized carbons (Fsp3) is 0.600. The van der Waals surface area contributed by atoms with E-state index < -0.39 is 0 Å². The zero-order chi connectivity index (χ0) is 13.0. The summed E-state index contributed by atoms with van der Waals surface area (Å²) < 4.78 is 1.19. The third-order valence-electron chi connectivity index (χ3n) is 3.58. The number of benzene rings is 1. The summed E-state index contributed by atoms with van der Waals surface area (Å²) in [6, 6.07) is 6.64. The molecule has 100 valence electrons. The van der Waals surface area contributed by atoms with Gasteiger partial charge < -0.3 is 5.32 Å². The quantitative estimate of drug-likeness (QED) is 0.849. The van der Waals surface area contributed by atoms with Gasteiger partial charge in [0.2, 0.25) is 0 Å². The Morgan fingerprint density at radius 3 is 2.94 bits per heavy atom. The molecule has 1 saturated carbocycles. The Labute approximate surface area is 123 Å². The van der Waals surface area contributed by atoms with Crippen molar-refractivity contribution in [2.45, 2.75) is 49.3 Å². The lowest BCUT2D eigenvalue weighted by atomic mass is 9.91. The van der Waals surface area contributed by atoms with E-state index in [1.807, 2.05) is 7.05 Å². The maximum absolute atomic E-state index is 3.59. The molecule has 1 aromatic rings. The summed E-state index contributed by atoms with van der Waals surface area (Å²) in [6.45, 7) is 3.35. The molecule has 0 amide bonds. The van der Waals surface area contributed by atoms with Crippen molar-refractivity contribution in [1.29, 1.82) is 0 Å². The molecule has 1 aliphatic carbocycles. The van der Waals surface area contributed by atoms with Crippen molar-refractivity contribution in [2.24, 2.45) is 5.92 Å². The predicted molar refractivity (Wildman–Crippen MR) is 84.2 cm³/mol. The fourth-order valence-corrected chi connectivity index (χ4v) is 4.71. The number of hydrogen-bond donors (Lipinski definition) is 1. The molecule has 0 spiro atoms. The SMILES string of the molecule is CNCc1ccc(Br)cc1SC1CCCC(C)C1. The van der Waals surface area contributed by atoms with Gasteiger partial charge in [0.15, 0.2) is 0 Å². The summed E-state index contributed by atoms with van der Waals surface area (Å²) >= 11 is 5.67. The molecule has 0 saturated heterocycles. The van der Waals surface area contributed by atoms with Gasteiger partial charge in [-0.25, -0.2) is 0 Å². The van der Waals surface area contributed by atoms with Gasteiger partial charge in [-0.2, -0.15) is 0 Å². The van der Waals surface area contributed by atoms with Gasteiger partial charge in [0.1, 0.15) is 0 Å². The molecule has 1 fully saturated rings. The van der Waals surface area contributed by atoms with Crippen molar-refractivity contribution in [3.05, 3.63) is 28.2 Å². The monoisotopic (exact) mass is 327 g/mol. The number of hydrogen-bond acceptors (Lipinski definition) is 2. The maximum Gasteiger partial charge on any atom is 0.0213 e. The van der Waals surface area contributed by atoms with Gasteiger partial charge in [0.25, 0.3) is 0 Å². The molecule has 0 aromatic heterocycles. The van der Waals surface area contributed by atoms with Gasteiger partial charge in [0, 0.05) is 21.2 Å². The van der Waals surface area contributed by atoms with Crippen LogP contribution in [0.25, 0.3) is 0 Å². The van der Waals surface area contributed by atoms with Crippen LogP contribution in [0.2, 0.25) is 0 Å². The van der Waals surface area contributed by atoms with Crippen LogP contribution in [0, 0.1) is 5.92 Å². The van der Waals surface area contributed by atoms with Crippen LogP contribution in [-0.2, 0) is 6.54 Å². The van der Waals surface area contributed by atoms with Crippen molar-refractivity contribution in [3.8, 4) is 0 Å². The molecular weight excluding hydrogens is 306 g/mol. The van der Waals surface area contributed by atoms with Crippen molar-refractivity contribution in [1.82, 2.24) is 5.32 Å². The van der Waals surface area contributed by atoms with E-state index in [1.54, 1.807) is 0 Å². The average Bonchev–Trinajstić information content (AvgIpc) is 2.33. The van der Waals surface area contributed by atoms with E-state index in [1.165, 1.54) is 40.6 Å². The second-order valence-electron chi connectivity index (χ2n) is 5.29. The van der Waals surface area contributed by atoms with E-state index >= 15 is 0 Å². The average molecular weight is 328 g/mol. The van der Waals surface area contributed by atoms with E-state index in [0.717, 1.165) is 17.7 Å². The highest BCUT2D eigenvalue weighted by molar-refractivity contribution is 9.10. The summed E-state index contributed by atoms with van der Waals surface area (Å²) in [7, 11) is 2.01. The number of halogens is 1. The van der Waals surface area contributed by atoms with E-state index in [2.05, 4.69) is 58.1 Å². The summed E-state index contributed by atoms with van der Waals surface area (Å²) in [5.74, 6) is 0.899. The Morgan fingerprint density at radius 1 is 1.39 bits per heavy atom. The van der Waals surface area contributed by atoms with E-state index in [9.17, 15) is 0 Å². The number of thioether (sulfide) groups is 1. The van der Waals surface area contributed by atoms with E-state index in [4.69, 9.17) is 0 Å².